The van der Waals surface area contributed by atoms with E-state index in [1.54, 1.807) is 0 Å². The van der Waals surface area contributed by atoms with Gasteiger partial charge in [0.25, 0.3) is 0 Å². The van der Waals surface area contributed by atoms with E-state index in [1.807, 2.05) is 0 Å². The zero-order valence-corrected chi connectivity index (χ0v) is 10.6. The van der Waals surface area contributed by atoms with Crippen molar-refractivity contribution in [3.63, 3.8) is 0 Å². The molecule has 0 spiro atoms. The third-order valence-electron chi connectivity index (χ3n) is 3.69. The fourth-order valence-electron chi connectivity index (χ4n) is 2.65. The maximum Gasteiger partial charge on any atom is 0.0223 e. The van der Waals surface area contributed by atoms with Gasteiger partial charge in [0.05, 0.1) is 0 Å². The maximum atomic E-state index is 2.61. The van der Waals surface area contributed by atoms with E-state index < -0.39 is 0 Å². The van der Waals surface area contributed by atoms with Gasteiger partial charge in [-0.2, -0.15) is 0 Å². The average Bonchev–Trinajstić information content (AvgIpc) is 2.08. The molecule has 0 aliphatic carbocycles. The molecular weight excluding hydrogens is 172 g/mol. The highest BCUT2D eigenvalue weighted by atomic mass is 15.3. The van der Waals surface area contributed by atoms with Gasteiger partial charge in [0.1, 0.15) is 0 Å². The monoisotopic (exact) mass is 198 g/mol. The molecule has 1 saturated heterocycles. The highest BCUT2D eigenvalue weighted by molar-refractivity contribution is 4.88. The minimum Gasteiger partial charge on any atom is -0.295 e. The van der Waals surface area contributed by atoms with E-state index in [4.69, 9.17) is 0 Å². The zero-order chi connectivity index (χ0) is 10.9. The highest BCUT2D eigenvalue weighted by Gasteiger charge is 2.32. The standard InChI is InChI=1S/C12H26N2/c1-9(2)13-7-8-14(10(3)4)12(6)11(13)5/h9-12H,7-8H2,1-6H3/t11-,12-/m0/s1. The van der Waals surface area contributed by atoms with Crippen molar-refractivity contribution in [2.75, 3.05) is 13.1 Å². The summed E-state index contributed by atoms with van der Waals surface area (Å²) in [6.07, 6.45) is 0. The van der Waals surface area contributed by atoms with E-state index >= 15 is 0 Å². The second-order valence-corrected chi connectivity index (χ2v) is 5.14. The predicted octanol–water partition coefficient (Wildman–Crippen LogP) is 2.20. The van der Waals surface area contributed by atoms with Crippen LogP contribution < -0.4 is 0 Å². The molecule has 1 rings (SSSR count). The predicted molar refractivity (Wildman–Crippen MR) is 62.6 cm³/mol. The van der Waals surface area contributed by atoms with Crippen LogP contribution in [0, 0.1) is 0 Å². The molecule has 0 saturated carbocycles. The Bertz CT molecular complexity index is 157. The second-order valence-electron chi connectivity index (χ2n) is 5.14. The molecule has 2 heteroatoms. The Labute approximate surface area is 89.3 Å². The summed E-state index contributed by atoms with van der Waals surface area (Å²) in [5.41, 5.74) is 0. The third kappa shape index (κ3) is 2.29. The van der Waals surface area contributed by atoms with Crippen LogP contribution in [0.1, 0.15) is 41.5 Å². The number of piperazine rings is 1. The van der Waals surface area contributed by atoms with Crippen molar-refractivity contribution in [3.05, 3.63) is 0 Å². The smallest absolute Gasteiger partial charge is 0.0223 e. The Balaban J connectivity index is 2.64. The van der Waals surface area contributed by atoms with Crippen molar-refractivity contribution in [1.82, 2.24) is 9.80 Å². The van der Waals surface area contributed by atoms with Crippen LogP contribution in [-0.2, 0) is 0 Å². The molecule has 0 bridgehead atoms. The molecular formula is C12H26N2. The van der Waals surface area contributed by atoms with E-state index in [0.29, 0.717) is 24.2 Å². The van der Waals surface area contributed by atoms with Crippen LogP contribution in [0.25, 0.3) is 0 Å². The van der Waals surface area contributed by atoms with Gasteiger partial charge in [-0.15, -0.1) is 0 Å². The van der Waals surface area contributed by atoms with Gasteiger partial charge >= 0.3 is 0 Å². The van der Waals surface area contributed by atoms with Crippen molar-refractivity contribution < 1.29 is 0 Å². The molecule has 2 nitrogen and oxygen atoms in total. The Hall–Kier alpha value is -0.0800. The van der Waals surface area contributed by atoms with Crippen molar-refractivity contribution in [2.24, 2.45) is 0 Å². The first kappa shape index (κ1) is 12.0. The van der Waals surface area contributed by atoms with Crippen molar-refractivity contribution >= 4 is 0 Å². The lowest BCUT2D eigenvalue weighted by atomic mass is 10.0. The van der Waals surface area contributed by atoms with Gasteiger partial charge in [0.2, 0.25) is 0 Å². The molecule has 1 fully saturated rings. The zero-order valence-electron chi connectivity index (χ0n) is 10.6. The Morgan fingerprint density at radius 1 is 0.786 bits per heavy atom. The van der Waals surface area contributed by atoms with Crippen LogP contribution in [0.2, 0.25) is 0 Å². The molecule has 84 valence electrons. The van der Waals surface area contributed by atoms with Gasteiger partial charge in [-0.25, -0.2) is 0 Å². The van der Waals surface area contributed by atoms with Gasteiger partial charge in [0, 0.05) is 37.3 Å². The van der Waals surface area contributed by atoms with E-state index in [1.165, 1.54) is 13.1 Å². The van der Waals surface area contributed by atoms with E-state index in [9.17, 15) is 0 Å². The molecule has 1 heterocycles. The molecule has 0 aromatic rings. The van der Waals surface area contributed by atoms with E-state index in [-0.39, 0.29) is 0 Å². The molecule has 0 unspecified atom stereocenters. The molecule has 0 amide bonds. The molecule has 0 N–H and O–H groups in total. The normalized spacial score (nSPS) is 31.7. The number of hydrogen-bond donors (Lipinski definition) is 0. The Morgan fingerprint density at radius 3 is 1.29 bits per heavy atom. The van der Waals surface area contributed by atoms with Crippen LogP contribution in [0.5, 0.6) is 0 Å². The van der Waals surface area contributed by atoms with Crippen molar-refractivity contribution in [2.45, 2.75) is 65.7 Å². The van der Waals surface area contributed by atoms with Crippen molar-refractivity contribution in [3.8, 4) is 0 Å². The van der Waals surface area contributed by atoms with Crippen LogP contribution >= 0.6 is 0 Å². The fraction of sp³-hybridized carbons (Fsp3) is 1.00. The summed E-state index contributed by atoms with van der Waals surface area (Å²) in [6, 6.07) is 2.74. The van der Waals surface area contributed by atoms with E-state index in [2.05, 4.69) is 51.3 Å². The maximum absolute atomic E-state index is 2.61. The van der Waals surface area contributed by atoms with Crippen LogP contribution in [-0.4, -0.2) is 47.1 Å². The molecule has 14 heavy (non-hydrogen) atoms. The topological polar surface area (TPSA) is 6.48 Å². The molecule has 1 aliphatic rings. The highest BCUT2D eigenvalue weighted by Crippen LogP contribution is 2.20. The second kappa shape index (κ2) is 4.63. The summed E-state index contributed by atoms with van der Waals surface area (Å²) in [4.78, 5) is 5.23. The quantitative estimate of drug-likeness (QED) is 0.671. The number of rotatable bonds is 2. The van der Waals surface area contributed by atoms with E-state index in [0.717, 1.165) is 0 Å². The van der Waals surface area contributed by atoms with Crippen LogP contribution in [0.3, 0.4) is 0 Å². The first-order chi connectivity index (χ1) is 6.45. The first-order valence-electron chi connectivity index (χ1n) is 5.96. The van der Waals surface area contributed by atoms with Gasteiger partial charge < -0.3 is 0 Å². The van der Waals surface area contributed by atoms with Gasteiger partial charge in [0.15, 0.2) is 0 Å². The fourth-order valence-corrected chi connectivity index (χ4v) is 2.65. The SMILES string of the molecule is CC(C)N1CCN(C(C)C)[C@@H](C)[C@@H]1C. The number of hydrogen-bond acceptors (Lipinski definition) is 2. The molecule has 2 atom stereocenters. The van der Waals surface area contributed by atoms with Gasteiger partial charge in [-0.1, -0.05) is 0 Å². The summed E-state index contributed by atoms with van der Waals surface area (Å²) >= 11 is 0. The minimum atomic E-state index is 0.682. The van der Waals surface area contributed by atoms with Crippen LogP contribution in [0.15, 0.2) is 0 Å². The summed E-state index contributed by atoms with van der Waals surface area (Å²) < 4.78 is 0. The lowest BCUT2D eigenvalue weighted by Gasteiger charge is -2.48. The molecule has 0 aromatic heterocycles. The molecule has 1 aliphatic heterocycles. The molecule has 0 radical (unpaired) electrons. The lowest BCUT2D eigenvalue weighted by molar-refractivity contribution is 0.00129. The largest absolute Gasteiger partial charge is 0.295 e. The summed E-state index contributed by atoms with van der Waals surface area (Å²) in [5.74, 6) is 0. The third-order valence-corrected chi connectivity index (χ3v) is 3.69. The lowest BCUT2D eigenvalue weighted by Crippen LogP contribution is -2.60. The van der Waals surface area contributed by atoms with Gasteiger partial charge in [-0.3, -0.25) is 9.80 Å². The minimum absolute atomic E-state index is 0.682. The summed E-state index contributed by atoms with van der Waals surface area (Å²) in [6.45, 7) is 16.4. The Kier molecular flexibility index (Phi) is 3.96. The number of nitrogens with zero attached hydrogens (tertiary/aromatic N) is 2. The van der Waals surface area contributed by atoms with Crippen molar-refractivity contribution in [1.29, 1.82) is 0 Å². The average molecular weight is 198 g/mol. The summed E-state index contributed by atoms with van der Waals surface area (Å²) in [5, 5.41) is 0. The van der Waals surface area contributed by atoms with Crippen LogP contribution in [0.4, 0.5) is 0 Å². The first-order valence-corrected chi connectivity index (χ1v) is 5.96. The van der Waals surface area contributed by atoms with Gasteiger partial charge in [-0.05, 0) is 41.5 Å². The Morgan fingerprint density at radius 2 is 1.07 bits per heavy atom. The molecule has 0 aromatic carbocycles. The summed E-state index contributed by atoms with van der Waals surface area (Å²) in [7, 11) is 0.